The van der Waals surface area contributed by atoms with Crippen molar-refractivity contribution in [2.75, 3.05) is 5.32 Å². The fourth-order valence-electron chi connectivity index (χ4n) is 2.50. The molecule has 0 atom stereocenters. The number of benzene rings is 2. The van der Waals surface area contributed by atoms with Crippen molar-refractivity contribution in [2.45, 2.75) is 33.2 Å². The molecule has 2 aromatic carbocycles. The van der Waals surface area contributed by atoms with E-state index in [1.807, 2.05) is 13.0 Å². The molecule has 0 aliphatic carbocycles. The highest BCUT2D eigenvalue weighted by molar-refractivity contribution is 5.94. The van der Waals surface area contributed by atoms with E-state index in [-0.39, 0.29) is 24.0 Å². The van der Waals surface area contributed by atoms with Gasteiger partial charge in [-0.3, -0.25) is 19.7 Å². The first-order valence-electron chi connectivity index (χ1n) is 8.32. The summed E-state index contributed by atoms with van der Waals surface area (Å²) in [6, 6.07) is 11.5. The third-order valence-corrected chi connectivity index (χ3v) is 3.80. The SMILES string of the molecule is CCCC(=O)Nc1cccc(CNC(=O)c2ccc([N+](=O)[O-])c(C)c2)c1. The Labute approximate surface area is 151 Å². The minimum absolute atomic E-state index is 0.0166. The first kappa shape index (κ1) is 19.1. The van der Waals surface area contributed by atoms with Gasteiger partial charge in [0.25, 0.3) is 11.6 Å². The van der Waals surface area contributed by atoms with E-state index in [4.69, 9.17) is 0 Å². The zero-order valence-electron chi connectivity index (χ0n) is 14.7. The smallest absolute Gasteiger partial charge is 0.272 e. The van der Waals surface area contributed by atoms with Crippen LogP contribution in [-0.2, 0) is 11.3 Å². The van der Waals surface area contributed by atoms with E-state index in [0.29, 0.717) is 23.2 Å². The summed E-state index contributed by atoms with van der Waals surface area (Å²) in [4.78, 5) is 34.3. The van der Waals surface area contributed by atoms with Gasteiger partial charge in [-0.25, -0.2) is 0 Å². The highest BCUT2D eigenvalue weighted by Gasteiger charge is 2.13. The van der Waals surface area contributed by atoms with Gasteiger partial charge in [-0.15, -0.1) is 0 Å². The van der Waals surface area contributed by atoms with Crippen LogP contribution in [0.2, 0.25) is 0 Å². The van der Waals surface area contributed by atoms with Gasteiger partial charge in [-0.05, 0) is 43.2 Å². The number of nitrogens with one attached hydrogen (secondary N) is 2. The molecular weight excluding hydrogens is 334 g/mol. The molecule has 0 fully saturated rings. The van der Waals surface area contributed by atoms with E-state index in [9.17, 15) is 19.7 Å². The van der Waals surface area contributed by atoms with Crippen LogP contribution in [0, 0.1) is 17.0 Å². The predicted octanol–water partition coefficient (Wildman–Crippen LogP) is 3.57. The van der Waals surface area contributed by atoms with Crippen molar-refractivity contribution >= 4 is 23.2 Å². The van der Waals surface area contributed by atoms with Gasteiger partial charge >= 0.3 is 0 Å². The molecule has 2 amide bonds. The number of nitro benzene ring substituents is 1. The molecule has 0 saturated heterocycles. The largest absolute Gasteiger partial charge is 0.348 e. The van der Waals surface area contributed by atoms with Crippen molar-refractivity contribution in [1.29, 1.82) is 0 Å². The molecular formula is C19H21N3O4. The molecule has 0 spiro atoms. The molecule has 0 aliphatic heterocycles. The molecule has 0 heterocycles. The van der Waals surface area contributed by atoms with Gasteiger partial charge in [0.1, 0.15) is 0 Å². The minimum Gasteiger partial charge on any atom is -0.348 e. The number of hydrogen-bond acceptors (Lipinski definition) is 4. The highest BCUT2D eigenvalue weighted by atomic mass is 16.6. The third-order valence-electron chi connectivity index (χ3n) is 3.80. The van der Waals surface area contributed by atoms with Crippen LogP contribution in [0.1, 0.15) is 41.3 Å². The summed E-state index contributed by atoms with van der Waals surface area (Å²) in [5, 5.41) is 16.4. The monoisotopic (exact) mass is 355 g/mol. The number of nitrogens with zero attached hydrogens (tertiary/aromatic N) is 1. The fourth-order valence-corrected chi connectivity index (χ4v) is 2.50. The third kappa shape index (κ3) is 5.14. The average Bonchev–Trinajstić information content (AvgIpc) is 2.59. The summed E-state index contributed by atoms with van der Waals surface area (Å²) in [6.07, 6.45) is 1.23. The first-order chi connectivity index (χ1) is 12.4. The molecule has 2 N–H and O–H groups in total. The number of amides is 2. The maximum atomic E-state index is 12.2. The Hall–Kier alpha value is -3.22. The number of hydrogen-bond donors (Lipinski definition) is 2. The number of carbonyl (C=O) groups excluding carboxylic acids is 2. The Morgan fingerprint density at radius 1 is 1.15 bits per heavy atom. The Kier molecular flexibility index (Phi) is 6.43. The Morgan fingerprint density at radius 3 is 2.58 bits per heavy atom. The lowest BCUT2D eigenvalue weighted by molar-refractivity contribution is -0.385. The van der Waals surface area contributed by atoms with Gasteiger partial charge in [0.2, 0.25) is 5.91 Å². The number of carbonyl (C=O) groups is 2. The van der Waals surface area contributed by atoms with E-state index < -0.39 is 4.92 Å². The van der Waals surface area contributed by atoms with E-state index in [2.05, 4.69) is 10.6 Å². The minimum atomic E-state index is -0.477. The Morgan fingerprint density at radius 2 is 1.92 bits per heavy atom. The zero-order valence-corrected chi connectivity index (χ0v) is 14.7. The lowest BCUT2D eigenvalue weighted by Gasteiger charge is -2.09. The molecule has 0 aliphatic rings. The summed E-state index contributed by atoms with van der Waals surface area (Å²) >= 11 is 0. The van der Waals surface area contributed by atoms with E-state index in [1.165, 1.54) is 18.2 Å². The van der Waals surface area contributed by atoms with Gasteiger partial charge in [-0.2, -0.15) is 0 Å². The van der Waals surface area contributed by atoms with Crippen LogP contribution in [0.5, 0.6) is 0 Å². The predicted molar refractivity (Wildman–Crippen MR) is 99.0 cm³/mol. The van der Waals surface area contributed by atoms with Crippen LogP contribution in [0.4, 0.5) is 11.4 Å². The molecule has 136 valence electrons. The molecule has 2 rings (SSSR count). The van der Waals surface area contributed by atoms with Crippen LogP contribution in [-0.4, -0.2) is 16.7 Å². The topological polar surface area (TPSA) is 101 Å². The van der Waals surface area contributed by atoms with Crippen molar-refractivity contribution in [2.24, 2.45) is 0 Å². The summed E-state index contributed by atoms with van der Waals surface area (Å²) in [5.41, 5.74) is 2.30. The standard InChI is InChI=1S/C19H21N3O4/c1-3-5-18(23)21-16-7-4-6-14(11-16)12-20-19(24)15-8-9-17(22(25)26)13(2)10-15/h4,6-11H,3,5,12H2,1-2H3,(H,20,24)(H,21,23). The summed E-state index contributed by atoms with van der Waals surface area (Å²) < 4.78 is 0. The molecule has 7 heteroatoms. The van der Waals surface area contributed by atoms with Crippen LogP contribution < -0.4 is 10.6 Å². The molecule has 0 unspecified atom stereocenters. The van der Waals surface area contributed by atoms with Crippen molar-refractivity contribution in [3.05, 3.63) is 69.3 Å². The maximum Gasteiger partial charge on any atom is 0.272 e. The molecule has 7 nitrogen and oxygen atoms in total. The Bertz CT molecular complexity index is 833. The van der Waals surface area contributed by atoms with Gasteiger partial charge in [0, 0.05) is 35.8 Å². The second kappa shape index (κ2) is 8.75. The van der Waals surface area contributed by atoms with Crippen molar-refractivity contribution in [3.63, 3.8) is 0 Å². The van der Waals surface area contributed by atoms with Crippen molar-refractivity contribution in [1.82, 2.24) is 5.32 Å². The van der Waals surface area contributed by atoms with Crippen LogP contribution in [0.15, 0.2) is 42.5 Å². The molecule has 0 bridgehead atoms. The number of anilines is 1. The van der Waals surface area contributed by atoms with Crippen molar-refractivity contribution < 1.29 is 14.5 Å². The summed E-state index contributed by atoms with van der Waals surface area (Å²) in [6.45, 7) is 3.81. The number of aryl methyl sites for hydroxylation is 1. The molecule has 2 aromatic rings. The molecule has 26 heavy (non-hydrogen) atoms. The highest BCUT2D eigenvalue weighted by Crippen LogP contribution is 2.19. The lowest BCUT2D eigenvalue weighted by Crippen LogP contribution is -2.23. The van der Waals surface area contributed by atoms with Gasteiger partial charge in [0.15, 0.2) is 0 Å². The average molecular weight is 355 g/mol. The zero-order chi connectivity index (χ0) is 19.1. The maximum absolute atomic E-state index is 12.2. The van der Waals surface area contributed by atoms with E-state index >= 15 is 0 Å². The van der Waals surface area contributed by atoms with Gasteiger partial charge in [0.05, 0.1) is 4.92 Å². The van der Waals surface area contributed by atoms with Crippen molar-refractivity contribution in [3.8, 4) is 0 Å². The second-order valence-corrected chi connectivity index (χ2v) is 5.94. The molecule has 0 radical (unpaired) electrons. The fraction of sp³-hybridized carbons (Fsp3) is 0.263. The van der Waals surface area contributed by atoms with Crippen LogP contribution >= 0.6 is 0 Å². The number of nitro groups is 1. The summed E-state index contributed by atoms with van der Waals surface area (Å²) in [7, 11) is 0. The molecule has 0 saturated carbocycles. The number of rotatable bonds is 7. The van der Waals surface area contributed by atoms with Crippen LogP contribution in [0.3, 0.4) is 0 Å². The first-order valence-corrected chi connectivity index (χ1v) is 8.32. The van der Waals surface area contributed by atoms with Gasteiger partial charge in [-0.1, -0.05) is 19.1 Å². The quantitative estimate of drug-likeness (QED) is 0.585. The normalized spacial score (nSPS) is 10.2. The molecule has 0 aromatic heterocycles. The Balaban J connectivity index is 2.00. The van der Waals surface area contributed by atoms with E-state index in [0.717, 1.165) is 12.0 Å². The van der Waals surface area contributed by atoms with Crippen LogP contribution in [0.25, 0.3) is 0 Å². The second-order valence-electron chi connectivity index (χ2n) is 5.94. The van der Waals surface area contributed by atoms with E-state index in [1.54, 1.807) is 25.1 Å². The van der Waals surface area contributed by atoms with Gasteiger partial charge < -0.3 is 10.6 Å². The summed E-state index contributed by atoms with van der Waals surface area (Å²) in [5.74, 6) is -0.363. The lowest BCUT2D eigenvalue weighted by atomic mass is 10.1.